The Morgan fingerprint density at radius 3 is 2.71 bits per heavy atom. The number of hydrogen-bond acceptors (Lipinski definition) is 3. The van der Waals surface area contributed by atoms with Gasteiger partial charge in [0.05, 0.1) is 11.8 Å². The molecule has 1 amide bonds. The van der Waals surface area contributed by atoms with Crippen LogP contribution in [0.25, 0.3) is 0 Å². The summed E-state index contributed by atoms with van der Waals surface area (Å²) in [5.74, 6) is -1.08. The van der Waals surface area contributed by atoms with Gasteiger partial charge in [0.2, 0.25) is 5.91 Å². The van der Waals surface area contributed by atoms with Crippen molar-refractivity contribution in [3.05, 3.63) is 47.3 Å². The molecule has 0 bridgehead atoms. The fraction of sp³-hybridized carbons (Fsp3) is 0.267. The molecule has 6 nitrogen and oxygen atoms in total. The van der Waals surface area contributed by atoms with Crippen LogP contribution in [0, 0.1) is 6.92 Å². The van der Waals surface area contributed by atoms with Crippen molar-refractivity contribution in [2.45, 2.75) is 19.8 Å². The first kappa shape index (κ1) is 14.8. The molecule has 0 saturated carbocycles. The largest absolute Gasteiger partial charge is 0.478 e. The fourth-order valence-electron chi connectivity index (χ4n) is 2.06. The number of hydrogen-bond donors (Lipinski definition) is 2. The first-order valence-corrected chi connectivity index (χ1v) is 6.57. The molecule has 0 aliphatic carbocycles. The number of carbonyl (C=O) groups is 2. The summed E-state index contributed by atoms with van der Waals surface area (Å²) in [6.07, 6.45) is 4.58. The lowest BCUT2D eigenvalue weighted by Gasteiger charge is -2.07. The number of carbonyl (C=O) groups excluding carboxylic acids is 1. The van der Waals surface area contributed by atoms with Crippen LogP contribution in [0.3, 0.4) is 0 Å². The van der Waals surface area contributed by atoms with E-state index in [-0.39, 0.29) is 11.5 Å². The monoisotopic (exact) mass is 287 g/mol. The minimum atomic E-state index is -0.970. The lowest BCUT2D eigenvalue weighted by Crippen LogP contribution is -2.12. The summed E-state index contributed by atoms with van der Waals surface area (Å²) in [5.41, 5.74) is 2.47. The molecule has 1 aromatic heterocycles. The molecular weight excluding hydrogens is 270 g/mol. The Labute approximate surface area is 122 Å². The van der Waals surface area contributed by atoms with Crippen LogP contribution in [0.5, 0.6) is 0 Å². The van der Waals surface area contributed by atoms with Crippen molar-refractivity contribution in [2.24, 2.45) is 7.05 Å². The van der Waals surface area contributed by atoms with Crippen molar-refractivity contribution in [1.82, 2.24) is 9.78 Å². The molecule has 2 N–H and O–H groups in total. The number of carboxylic acids is 1. The van der Waals surface area contributed by atoms with Gasteiger partial charge < -0.3 is 10.4 Å². The smallest absolute Gasteiger partial charge is 0.335 e. The molecule has 0 radical (unpaired) electrons. The van der Waals surface area contributed by atoms with Crippen molar-refractivity contribution in [1.29, 1.82) is 0 Å². The zero-order chi connectivity index (χ0) is 15.4. The van der Waals surface area contributed by atoms with Gasteiger partial charge in [-0.1, -0.05) is 0 Å². The van der Waals surface area contributed by atoms with Gasteiger partial charge in [-0.3, -0.25) is 9.48 Å². The van der Waals surface area contributed by atoms with E-state index >= 15 is 0 Å². The van der Waals surface area contributed by atoms with Gasteiger partial charge in [0.1, 0.15) is 0 Å². The van der Waals surface area contributed by atoms with Crippen LogP contribution >= 0.6 is 0 Å². The molecular formula is C15H17N3O3. The molecule has 2 aromatic rings. The third kappa shape index (κ3) is 3.92. The lowest BCUT2D eigenvalue weighted by molar-refractivity contribution is -0.116. The van der Waals surface area contributed by atoms with Gasteiger partial charge >= 0.3 is 5.97 Å². The maximum absolute atomic E-state index is 11.9. The molecule has 0 spiro atoms. The number of carboxylic acid groups (broad SMARTS) is 1. The quantitative estimate of drug-likeness (QED) is 0.881. The van der Waals surface area contributed by atoms with Gasteiger partial charge in [0.25, 0.3) is 0 Å². The maximum atomic E-state index is 11.9. The number of benzene rings is 1. The number of rotatable bonds is 5. The second-order valence-electron chi connectivity index (χ2n) is 4.91. The Kier molecular flexibility index (Phi) is 4.37. The Bertz CT molecular complexity index is 677. The molecule has 0 fully saturated rings. The van der Waals surface area contributed by atoms with Gasteiger partial charge in [-0.2, -0.15) is 5.10 Å². The fourth-order valence-corrected chi connectivity index (χ4v) is 2.06. The number of aryl methyl sites for hydroxylation is 3. The molecule has 0 atom stereocenters. The van der Waals surface area contributed by atoms with E-state index in [0.717, 1.165) is 5.56 Å². The van der Waals surface area contributed by atoms with Crippen molar-refractivity contribution >= 4 is 17.6 Å². The predicted molar refractivity (Wildman–Crippen MR) is 78.3 cm³/mol. The molecule has 0 aliphatic rings. The van der Waals surface area contributed by atoms with Crippen LogP contribution in [0.15, 0.2) is 30.6 Å². The molecule has 0 saturated heterocycles. The summed E-state index contributed by atoms with van der Waals surface area (Å²) in [5, 5.41) is 15.8. The Morgan fingerprint density at radius 2 is 2.14 bits per heavy atom. The first-order valence-electron chi connectivity index (χ1n) is 6.57. The lowest BCUT2D eigenvalue weighted by atomic mass is 10.1. The molecule has 21 heavy (non-hydrogen) atoms. The van der Waals surface area contributed by atoms with E-state index in [9.17, 15) is 9.59 Å². The van der Waals surface area contributed by atoms with Gasteiger partial charge in [-0.25, -0.2) is 4.79 Å². The van der Waals surface area contributed by atoms with E-state index in [4.69, 9.17) is 5.11 Å². The highest BCUT2D eigenvalue weighted by Gasteiger charge is 2.09. The van der Waals surface area contributed by atoms with E-state index < -0.39 is 5.97 Å². The highest BCUT2D eigenvalue weighted by Crippen LogP contribution is 2.15. The van der Waals surface area contributed by atoms with E-state index in [0.29, 0.717) is 24.1 Å². The van der Waals surface area contributed by atoms with Crippen molar-refractivity contribution in [2.75, 3.05) is 5.32 Å². The normalized spacial score (nSPS) is 10.4. The Balaban J connectivity index is 1.93. The summed E-state index contributed by atoms with van der Waals surface area (Å²) in [6.45, 7) is 1.70. The van der Waals surface area contributed by atoms with Crippen molar-refractivity contribution < 1.29 is 14.7 Å². The topological polar surface area (TPSA) is 84.2 Å². The Hall–Kier alpha value is -2.63. The van der Waals surface area contributed by atoms with E-state index in [1.54, 1.807) is 29.9 Å². The molecule has 0 aliphatic heterocycles. The minimum Gasteiger partial charge on any atom is -0.478 e. The molecule has 0 unspecified atom stereocenters. The number of nitrogens with one attached hydrogen (secondary N) is 1. The number of aromatic nitrogens is 2. The third-order valence-corrected chi connectivity index (χ3v) is 3.14. The molecule has 110 valence electrons. The van der Waals surface area contributed by atoms with E-state index in [2.05, 4.69) is 10.4 Å². The van der Waals surface area contributed by atoms with Crippen LogP contribution in [0.2, 0.25) is 0 Å². The van der Waals surface area contributed by atoms with Crippen LogP contribution in [0.4, 0.5) is 5.69 Å². The molecule has 1 aromatic carbocycles. The van der Waals surface area contributed by atoms with Crippen LogP contribution in [-0.4, -0.2) is 26.8 Å². The zero-order valence-electron chi connectivity index (χ0n) is 12.0. The Morgan fingerprint density at radius 1 is 1.38 bits per heavy atom. The average Bonchev–Trinajstić information content (AvgIpc) is 2.82. The van der Waals surface area contributed by atoms with E-state index in [1.165, 1.54) is 6.07 Å². The SMILES string of the molecule is Cc1cc(NC(=O)CCc2cnn(C)c2)ccc1C(=O)O. The second kappa shape index (κ2) is 6.21. The summed E-state index contributed by atoms with van der Waals surface area (Å²) < 4.78 is 1.70. The molecule has 2 rings (SSSR count). The van der Waals surface area contributed by atoms with Gasteiger partial charge in [0, 0.05) is 25.4 Å². The highest BCUT2D eigenvalue weighted by molar-refractivity contribution is 5.93. The minimum absolute atomic E-state index is 0.110. The summed E-state index contributed by atoms with van der Waals surface area (Å²) in [6, 6.07) is 4.75. The second-order valence-corrected chi connectivity index (χ2v) is 4.91. The maximum Gasteiger partial charge on any atom is 0.335 e. The van der Waals surface area contributed by atoms with Crippen molar-refractivity contribution in [3.63, 3.8) is 0 Å². The van der Waals surface area contributed by atoms with Gasteiger partial charge in [0.15, 0.2) is 0 Å². The standard InChI is InChI=1S/C15H17N3O3/c1-10-7-12(4-5-13(10)15(20)21)17-14(19)6-3-11-8-16-18(2)9-11/h4-5,7-9H,3,6H2,1-2H3,(H,17,19)(H,20,21). The molecule has 6 heteroatoms. The highest BCUT2D eigenvalue weighted by atomic mass is 16.4. The van der Waals surface area contributed by atoms with Crippen LogP contribution in [-0.2, 0) is 18.3 Å². The summed E-state index contributed by atoms with van der Waals surface area (Å²) in [7, 11) is 1.83. The number of anilines is 1. The summed E-state index contributed by atoms with van der Waals surface area (Å²) >= 11 is 0. The third-order valence-electron chi connectivity index (χ3n) is 3.14. The van der Waals surface area contributed by atoms with E-state index in [1.807, 2.05) is 13.2 Å². The van der Waals surface area contributed by atoms with Crippen LogP contribution < -0.4 is 5.32 Å². The first-order chi connectivity index (χ1) is 9.95. The van der Waals surface area contributed by atoms with Crippen LogP contribution in [0.1, 0.15) is 27.9 Å². The van der Waals surface area contributed by atoms with Gasteiger partial charge in [-0.05, 0) is 42.7 Å². The number of amides is 1. The average molecular weight is 287 g/mol. The molecule has 1 heterocycles. The predicted octanol–water partition coefficient (Wildman–Crippen LogP) is 2.00. The van der Waals surface area contributed by atoms with Gasteiger partial charge in [-0.15, -0.1) is 0 Å². The number of aromatic carboxylic acids is 1. The zero-order valence-corrected chi connectivity index (χ0v) is 12.0. The summed E-state index contributed by atoms with van der Waals surface area (Å²) in [4.78, 5) is 22.8. The van der Waals surface area contributed by atoms with Crippen molar-refractivity contribution in [3.8, 4) is 0 Å². The number of nitrogens with zero attached hydrogens (tertiary/aromatic N) is 2.